The number of nitrogens with zero attached hydrogens (tertiary/aromatic N) is 3. The minimum atomic E-state index is -0.230. The Morgan fingerprint density at radius 2 is 1.92 bits per heavy atom. The first-order chi connectivity index (χ1) is 5.61. The monoisotopic (exact) mass is 185 g/mol. The smallest absolute Gasteiger partial charge is 0.291 e. The molecule has 0 aromatic carbocycles. The zero-order valence-corrected chi connectivity index (χ0v) is 7.54. The lowest BCUT2D eigenvalue weighted by Gasteiger charge is -2.07. The third kappa shape index (κ3) is 1.92. The van der Waals surface area contributed by atoms with E-state index < -0.39 is 0 Å². The molecule has 0 aliphatic heterocycles. The van der Waals surface area contributed by atoms with E-state index in [1.807, 2.05) is 0 Å². The van der Waals surface area contributed by atoms with E-state index in [0.717, 1.165) is 0 Å². The molecule has 0 spiro atoms. The first-order valence-corrected chi connectivity index (χ1v) is 3.68. The zero-order chi connectivity index (χ0) is 9.14. The summed E-state index contributed by atoms with van der Waals surface area (Å²) in [5.41, 5.74) is 0. The average Bonchev–Trinajstić information content (AvgIpc) is 2.04. The maximum absolute atomic E-state index is 11.2. The molecule has 0 radical (unpaired) electrons. The van der Waals surface area contributed by atoms with Crippen molar-refractivity contribution in [3.63, 3.8) is 0 Å². The van der Waals surface area contributed by atoms with Gasteiger partial charge in [0.2, 0.25) is 5.82 Å². The van der Waals surface area contributed by atoms with E-state index in [2.05, 4.69) is 9.97 Å². The molecule has 0 N–H and O–H groups in total. The second kappa shape index (κ2) is 3.49. The third-order valence-electron chi connectivity index (χ3n) is 1.22. The molecule has 64 valence electrons. The first kappa shape index (κ1) is 8.93. The standard InChI is InChI=1S/C7H8ClN3O/c1-11(2)7(12)6-9-3-5(8)4-10-6/h3-4H,1-2H3. The largest absolute Gasteiger partial charge is 0.342 e. The topological polar surface area (TPSA) is 46.1 Å². The highest BCUT2D eigenvalue weighted by atomic mass is 35.5. The highest BCUT2D eigenvalue weighted by Gasteiger charge is 2.09. The van der Waals surface area contributed by atoms with Gasteiger partial charge in [0.25, 0.3) is 5.91 Å². The van der Waals surface area contributed by atoms with Crippen molar-refractivity contribution in [2.75, 3.05) is 14.1 Å². The Kier molecular flexibility index (Phi) is 2.60. The molecule has 1 rings (SSSR count). The Labute approximate surface area is 75.2 Å². The van der Waals surface area contributed by atoms with Crippen LogP contribution in [0.2, 0.25) is 5.02 Å². The fourth-order valence-electron chi connectivity index (χ4n) is 0.623. The van der Waals surface area contributed by atoms with Crippen LogP contribution in [-0.4, -0.2) is 34.9 Å². The van der Waals surface area contributed by atoms with E-state index in [-0.39, 0.29) is 11.7 Å². The SMILES string of the molecule is CN(C)C(=O)c1ncc(Cl)cn1. The highest BCUT2D eigenvalue weighted by Crippen LogP contribution is 2.03. The fourth-order valence-corrected chi connectivity index (χ4v) is 0.720. The zero-order valence-electron chi connectivity index (χ0n) is 6.78. The number of hydrogen-bond acceptors (Lipinski definition) is 3. The Balaban J connectivity index is 2.90. The molecule has 1 amide bonds. The Morgan fingerprint density at radius 3 is 2.33 bits per heavy atom. The van der Waals surface area contributed by atoms with Gasteiger partial charge in [0, 0.05) is 26.5 Å². The van der Waals surface area contributed by atoms with Gasteiger partial charge in [-0.3, -0.25) is 4.79 Å². The molecular formula is C7H8ClN3O. The molecule has 0 bridgehead atoms. The summed E-state index contributed by atoms with van der Waals surface area (Å²) in [7, 11) is 3.28. The lowest BCUT2D eigenvalue weighted by atomic mass is 10.5. The molecule has 0 fully saturated rings. The Hall–Kier alpha value is -1.16. The van der Waals surface area contributed by atoms with Crippen molar-refractivity contribution in [3.8, 4) is 0 Å². The molecule has 4 nitrogen and oxygen atoms in total. The molecule has 12 heavy (non-hydrogen) atoms. The number of carbonyl (C=O) groups is 1. The second-order valence-electron chi connectivity index (χ2n) is 2.42. The second-order valence-corrected chi connectivity index (χ2v) is 2.86. The average molecular weight is 186 g/mol. The summed E-state index contributed by atoms with van der Waals surface area (Å²) in [5, 5.41) is 0.422. The lowest BCUT2D eigenvalue weighted by Crippen LogP contribution is -2.23. The number of halogens is 1. The maximum atomic E-state index is 11.2. The van der Waals surface area contributed by atoms with E-state index in [9.17, 15) is 4.79 Å². The summed E-state index contributed by atoms with van der Waals surface area (Å²) in [6.07, 6.45) is 2.79. The van der Waals surface area contributed by atoms with Crippen LogP contribution in [0.15, 0.2) is 12.4 Å². The van der Waals surface area contributed by atoms with Crippen LogP contribution in [0, 0.1) is 0 Å². The minimum absolute atomic E-state index is 0.157. The van der Waals surface area contributed by atoms with Crippen molar-refractivity contribution in [1.82, 2.24) is 14.9 Å². The molecule has 0 aliphatic rings. The quantitative estimate of drug-likeness (QED) is 0.651. The van der Waals surface area contributed by atoms with Gasteiger partial charge in [-0.1, -0.05) is 11.6 Å². The van der Waals surface area contributed by atoms with Crippen LogP contribution in [0.5, 0.6) is 0 Å². The number of rotatable bonds is 1. The summed E-state index contributed by atoms with van der Waals surface area (Å²) >= 11 is 5.55. The molecule has 1 aromatic rings. The Bertz CT molecular complexity index is 283. The van der Waals surface area contributed by atoms with Crippen LogP contribution in [0.1, 0.15) is 10.6 Å². The van der Waals surface area contributed by atoms with E-state index >= 15 is 0 Å². The minimum Gasteiger partial charge on any atom is -0.342 e. The fraction of sp³-hybridized carbons (Fsp3) is 0.286. The van der Waals surface area contributed by atoms with Gasteiger partial charge in [0.1, 0.15) is 0 Å². The normalized spacial score (nSPS) is 9.58. The van der Waals surface area contributed by atoms with E-state index in [1.165, 1.54) is 17.3 Å². The van der Waals surface area contributed by atoms with Crippen molar-refractivity contribution in [2.45, 2.75) is 0 Å². The molecule has 1 aromatic heterocycles. The molecule has 0 atom stereocenters. The highest BCUT2D eigenvalue weighted by molar-refractivity contribution is 6.30. The van der Waals surface area contributed by atoms with E-state index in [1.54, 1.807) is 14.1 Å². The van der Waals surface area contributed by atoms with Gasteiger partial charge >= 0.3 is 0 Å². The van der Waals surface area contributed by atoms with Crippen LogP contribution in [0.3, 0.4) is 0 Å². The summed E-state index contributed by atoms with van der Waals surface area (Å²) in [4.78, 5) is 20.1. The molecule has 0 unspecified atom stereocenters. The molecule has 1 heterocycles. The van der Waals surface area contributed by atoms with Crippen LogP contribution >= 0.6 is 11.6 Å². The van der Waals surface area contributed by atoms with E-state index in [0.29, 0.717) is 5.02 Å². The van der Waals surface area contributed by atoms with Crippen LogP contribution in [0.25, 0.3) is 0 Å². The van der Waals surface area contributed by atoms with Gasteiger partial charge < -0.3 is 4.90 Å². The molecule has 0 saturated heterocycles. The van der Waals surface area contributed by atoms with Crippen LogP contribution in [0.4, 0.5) is 0 Å². The first-order valence-electron chi connectivity index (χ1n) is 3.30. The van der Waals surface area contributed by atoms with Gasteiger partial charge in [-0.15, -0.1) is 0 Å². The van der Waals surface area contributed by atoms with E-state index in [4.69, 9.17) is 11.6 Å². The molecule has 5 heteroatoms. The molecule has 0 saturated carbocycles. The van der Waals surface area contributed by atoms with Gasteiger partial charge in [-0.05, 0) is 0 Å². The summed E-state index contributed by atoms with van der Waals surface area (Å²) in [6, 6.07) is 0. The number of hydrogen-bond donors (Lipinski definition) is 0. The molecular weight excluding hydrogens is 178 g/mol. The van der Waals surface area contributed by atoms with Gasteiger partial charge in [-0.25, -0.2) is 9.97 Å². The molecule has 0 aliphatic carbocycles. The van der Waals surface area contributed by atoms with Crippen molar-refractivity contribution in [1.29, 1.82) is 0 Å². The van der Waals surface area contributed by atoms with Gasteiger partial charge in [0.05, 0.1) is 5.02 Å². The predicted molar refractivity (Wildman–Crippen MR) is 45.1 cm³/mol. The van der Waals surface area contributed by atoms with Gasteiger partial charge in [0.15, 0.2) is 0 Å². The van der Waals surface area contributed by atoms with Crippen LogP contribution < -0.4 is 0 Å². The summed E-state index contributed by atoms with van der Waals surface area (Å²) in [5.74, 6) is -0.0731. The number of amides is 1. The number of carbonyl (C=O) groups excluding carboxylic acids is 1. The van der Waals surface area contributed by atoms with Crippen molar-refractivity contribution >= 4 is 17.5 Å². The predicted octanol–water partition coefficient (Wildman–Crippen LogP) is 0.832. The summed E-state index contributed by atoms with van der Waals surface area (Å²) in [6.45, 7) is 0. The maximum Gasteiger partial charge on any atom is 0.291 e. The summed E-state index contributed by atoms with van der Waals surface area (Å²) < 4.78 is 0. The third-order valence-corrected chi connectivity index (χ3v) is 1.41. The van der Waals surface area contributed by atoms with Crippen molar-refractivity contribution in [3.05, 3.63) is 23.2 Å². The van der Waals surface area contributed by atoms with Crippen molar-refractivity contribution in [2.24, 2.45) is 0 Å². The lowest BCUT2D eigenvalue weighted by molar-refractivity contribution is 0.0816. The van der Waals surface area contributed by atoms with Crippen molar-refractivity contribution < 1.29 is 4.79 Å². The number of aromatic nitrogens is 2. The van der Waals surface area contributed by atoms with Crippen LogP contribution in [-0.2, 0) is 0 Å². The Morgan fingerprint density at radius 1 is 1.42 bits per heavy atom. The van der Waals surface area contributed by atoms with Gasteiger partial charge in [-0.2, -0.15) is 0 Å².